The van der Waals surface area contributed by atoms with Crippen LogP contribution in [0.4, 0.5) is 0 Å². The molecule has 0 fully saturated rings. The van der Waals surface area contributed by atoms with Crippen LogP contribution in [-0.4, -0.2) is 0 Å². The molecule has 0 saturated heterocycles. The van der Waals surface area contributed by atoms with Gasteiger partial charge in [0.1, 0.15) is 0 Å². The van der Waals surface area contributed by atoms with Crippen LogP contribution in [0.25, 0.3) is 0 Å². The first-order valence-corrected chi connectivity index (χ1v) is 6.93. The van der Waals surface area contributed by atoms with Crippen molar-refractivity contribution in [3.8, 4) is 6.07 Å². The predicted octanol–water partition coefficient (Wildman–Crippen LogP) is 4.28. The van der Waals surface area contributed by atoms with E-state index in [1.165, 1.54) is 11.1 Å². The van der Waals surface area contributed by atoms with Gasteiger partial charge in [0.25, 0.3) is 0 Å². The van der Waals surface area contributed by atoms with E-state index in [4.69, 9.17) is 5.26 Å². The predicted molar refractivity (Wildman–Crippen MR) is 82.3 cm³/mol. The third kappa shape index (κ3) is 3.46. The number of nitrogens with zero attached hydrogens (tertiary/aromatic N) is 1. The van der Waals surface area contributed by atoms with Gasteiger partial charge in [0.2, 0.25) is 0 Å². The van der Waals surface area contributed by atoms with E-state index in [-0.39, 0.29) is 12.1 Å². The van der Waals surface area contributed by atoms with Crippen molar-refractivity contribution in [3.63, 3.8) is 0 Å². The molecule has 0 heterocycles. The van der Waals surface area contributed by atoms with E-state index in [0.29, 0.717) is 5.56 Å². The zero-order valence-electron chi connectivity index (χ0n) is 12.2. The normalized spacial score (nSPS) is 13.5. The quantitative estimate of drug-likeness (QED) is 0.894. The second kappa shape index (κ2) is 6.36. The maximum absolute atomic E-state index is 8.96. The van der Waals surface area contributed by atoms with E-state index >= 15 is 0 Å². The number of rotatable bonds is 4. The molecule has 0 spiro atoms. The van der Waals surface area contributed by atoms with Crippen molar-refractivity contribution in [2.75, 3.05) is 0 Å². The maximum atomic E-state index is 8.96. The lowest BCUT2D eigenvalue weighted by molar-refractivity contribution is 0.494. The highest BCUT2D eigenvalue weighted by atomic mass is 14.9. The molecule has 1 N–H and O–H groups in total. The summed E-state index contributed by atoms with van der Waals surface area (Å²) in [5.74, 6) is 0. The van der Waals surface area contributed by atoms with Gasteiger partial charge in [-0.05, 0) is 44.0 Å². The lowest BCUT2D eigenvalue weighted by Crippen LogP contribution is -2.22. The Morgan fingerprint density at radius 1 is 0.950 bits per heavy atom. The lowest BCUT2D eigenvalue weighted by Gasteiger charge is -2.21. The van der Waals surface area contributed by atoms with Gasteiger partial charge in [-0.25, -0.2) is 0 Å². The first-order chi connectivity index (χ1) is 9.60. The number of nitriles is 1. The molecular weight excluding hydrogens is 244 g/mol. The molecule has 2 atom stereocenters. The molecule has 20 heavy (non-hydrogen) atoms. The van der Waals surface area contributed by atoms with Crippen LogP contribution in [0.5, 0.6) is 0 Å². The summed E-state index contributed by atoms with van der Waals surface area (Å²) in [5, 5.41) is 12.5. The van der Waals surface area contributed by atoms with Crippen molar-refractivity contribution in [2.24, 2.45) is 0 Å². The molecule has 102 valence electrons. The third-order valence-electron chi connectivity index (χ3n) is 3.59. The molecule has 0 aromatic heterocycles. The maximum Gasteiger partial charge on any atom is 0.0991 e. The third-order valence-corrected chi connectivity index (χ3v) is 3.59. The van der Waals surface area contributed by atoms with Gasteiger partial charge >= 0.3 is 0 Å². The van der Waals surface area contributed by atoms with Crippen LogP contribution in [0.2, 0.25) is 0 Å². The Kier molecular flexibility index (Phi) is 4.55. The number of hydrogen-bond acceptors (Lipinski definition) is 2. The second-order valence-electron chi connectivity index (χ2n) is 5.26. The molecule has 2 unspecified atom stereocenters. The molecule has 0 amide bonds. The highest BCUT2D eigenvalue weighted by Crippen LogP contribution is 2.20. The molecule has 0 saturated carbocycles. The number of nitrogens with one attached hydrogen (secondary N) is 1. The minimum atomic E-state index is 0.208. The summed E-state index contributed by atoms with van der Waals surface area (Å²) in [7, 11) is 0. The van der Waals surface area contributed by atoms with Gasteiger partial charge in [-0.2, -0.15) is 5.26 Å². The highest BCUT2D eigenvalue weighted by Gasteiger charge is 2.11. The Hall–Kier alpha value is -2.11. The number of aryl methyl sites for hydroxylation is 1. The SMILES string of the molecule is Cc1ccc(C(C)NC(C)c2cccc(C#N)c2)cc1. The molecule has 0 aliphatic heterocycles. The van der Waals surface area contributed by atoms with Crippen molar-refractivity contribution in [2.45, 2.75) is 32.9 Å². The van der Waals surface area contributed by atoms with Gasteiger partial charge < -0.3 is 5.32 Å². The summed E-state index contributed by atoms with van der Waals surface area (Å²) >= 11 is 0. The standard InChI is InChI=1S/C18H20N2/c1-13-7-9-17(10-8-13)14(2)20-15(3)18-6-4-5-16(11-18)12-19/h4-11,14-15,20H,1-3H3. The monoisotopic (exact) mass is 264 g/mol. The van der Waals surface area contributed by atoms with Crippen molar-refractivity contribution >= 4 is 0 Å². The fourth-order valence-electron chi connectivity index (χ4n) is 2.30. The van der Waals surface area contributed by atoms with Crippen LogP contribution >= 0.6 is 0 Å². The van der Waals surface area contributed by atoms with E-state index in [1.54, 1.807) is 0 Å². The molecule has 2 nitrogen and oxygen atoms in total. The minimum Gasteiger partial charge on any atom is -0.304 e. The van der Waals surface area contributed by atoms with Crippen molar-refractivity contribution in [1.82, 2.24) is 5.32 Å². The van der Waals surface area contributed by atoms with Crippen molar-refractivity contribution in [1.29, 1.82) is 5.26 Å². The summed E-state index contributed by atoms with van der Waals surface area (Å²) in [6.45, 7) is 6.38. The largest absolute Gasteiger partial charge is 0.304 e. The highest BCUT2D eigenvalue weighted by molar-refractivity contribution is 5.34. The Labute approximate surface area is 121 Å². The van der Waals surface area contributed by atoms with E-state index < -0.39 is 0 Å². The van der Waals surface area contributed by atoms with Gasteiger partial charge in [0.05, 0.1) is 11.6 Å². The summed E-state index contributed by atoms with van der Waals surface area (Å²) in [4.78, 5) is 0. The summed E-state index contributed by atoms with van der Waals surface area (Å²) < 4.78 is 0. The topological polar surface area (TPSA) is 35.8 Å². The van der Waals surface area contributed by atoms with Gasteiger partial charge in [0, 0.05) is 12.1 Å². The van der Waals surface area contributed by atoms with Gasteiger partial charge in [-0.15, -0.1) is 0 Å². The van der Waals surface area contributed by atoms with E-state index in [1.807, 2.05) is 18.2 Å². The molecular formula is C18H20N2. The fraction of sp³-hybridized carbons (Fsp3) is 0.278. The average molecular weight is 264 g/mol. The summed E-state index contributed by atoms with van der Waals surface area (Å²) in [5.41, 5.74) is 4.40. The van der Waals surface area contributed by atoms with Gasteiger partial charge in [-0.3, -0.25) is 0 Å². The van der Waals surface area contributed by atoms with Gasteiger partial charge in [0.15, 0.2) is 0 Å². The van der Waals surface area contributed by atoms with Crippen LogP contribution in [0.1, 0.15) is 48.2 Å². The lowest BCUT2D eigenvalue weighted by atomic mass is 10.0. The second-order valence-corrected chi connectivity index (χ2v) is 5.26. The zero-order chi connectivity index (χ0) is 14.5. The van der Waals surface area contributed by atoms with Crippen molar-refractivity contribution < 1.29 is 0 Å². The van der Waals surface area contributed by atoms with E-state index in [2.05, 4.69) is 62.5 Å². The minimum absolute atomic E-state index is 0.208. The van der Waals surface area contributed by atoms with E-state index in [9.17, 15) is 0 Å². The van der Waals surface area contributed by atoms with Crippen LogP contribution in [0, 0.1) is 18.3 Å². The molecule has 2 aromatic carbocycles. The molecule has 0 aliphatic rings. The smallest absolute Gasteiger partial charge is 0.0991 e. The van der Waals surface area contributed by atoms with Crippen molar-refractivity contribution in [3.05, 3.63) is 70.8 Å². The molecule has 2 aromatic rings. The Bertz CT molecular complexity index is 608. The Morgan fingerprint density at radius 2 is 1.60 bits per heavy atom. The van der Waals surface area contributed by atoms with Gasteiger partial charge in [-0.1, -0.05) is 42.0 Å². The fourth-order valence-corrected chi connectivity index (χ4v) is 2.30. The molecule has 0 aliphatic carbocycles. The molecule has 2 heteroatoms. The first kappa shape index (κ1) is 14.3. The zero-order valence-corrected chi connectivity index (χ0v) is 12.2. The van der Waals surface area contributed by atoms with Crippen LogP contribution in [0.3, 0.4) is 0 Å². The molecule has 2 rings (SSSR count). The van der Waals surface area contributed by atoms with Crippen LogP contribution in [0.15, 0.2) is 48.5 Å². The number of hydrogen-bond donors (Lipinski definition) is 1. The molecule has 0 bridgehead atoms. The van der Waals surface area contributed by atoms with Crippen LogP contribution < -0.4 is 5.32 Å². The Balaban J connectivity index is 2.08. The van der Waals surface area contributed by atoms with E-state index in [0.717, 1.165) is 5.56 Å². The average Bonchev–Trinajstić information content (AvgIpc) is 2.47. The molecule has 0 radical (unpaired) electrons. The summed E-state index contributed by atoms with van der Waals surface area (Å²) in [6.07, 6.45) is 0. The number of benzene rings is 2. The Morgan fingerprint density at radius 3 is 2.25 bits per heavy atom. The van der Waals surface area contributed by atoms with Crippen LogP contribution in [-0.2, 0) is 0 Å². The summed E-state index contributed by atoms with van der Waals surface area (Å²) in [6, 6.07) is 19.0. The first-order valence-electron chi connectivity index (χ1n) is 6.93.